The Bertz CT molecular complexity index is 655. The van der Waals surface area contributed by atoms with Gasteiger partial charge >= 0.3 is 0 Å². The van der Waals surface area contributed by atoms with E-state index < -0.39 is 0 Å². The molecule has 1 atom stereocenters. The maximum Gasteiger partial charge on any atom is 0.244 e. The molecule has 0 saturated carbocycles. The van der Waals surface area contributed by atoms with E-state index in [-0.39, 0.29) is 11.9 Å². The Morgan fingerprint density at radius 3 is 2.60 bits per heavy atom. The van der Waals surface area contributed by atoms with E-state index in [1.165, 1.54) is 0 Å². The molecular weight excluding hydrogens is 274 g/mol. The summed E-state index contributed by atoms with van der Waals surface area (Å²) in [5.41, 5.74) is 1.80. The summed E-state index contributed by atoms with van der Waals surface area (Å²) in [6.07, 6.45) is 0. The molecule has 4 nitrogen and oxygen atoms in total. The predicted octanol–water partition coefficient (Wildman–Crippen LogP) is 3.09. The zero-order chi connectivity index (χ0) is 14.9. The van der Waals surface area contributed by atoms with E-state index in [4.69, 9.17) is 11.6 Å². The summed E-state index contributed by atoms with van der Waals surface area (Å²) in [5.74, 6) is 0.681. The summed E-state index contributed by atoms with van der Waals surface area (Å²) in [6, 6.07) is 7.33. The van der Waals surface area contributed by atoms with Gasteiger partial charge in [0, 0.05) is 24.5 Å². The van der Waals surface area contributed by atoms with Crippen LogP contribution in [0.3, 0.4) is 0 Å². The Morgan fingerprint density at radius 2 is 1.95 bits per heavy atom. The Balaban J connectivity index is 2.32. The van der Waals surface area contributed by atoms with Gasteiger partial charge in [0.25, 0.3) is 0 Å². The van der Waals surface area contributed by atoms with Gasteiger partial charge in [0.15, 0.2) is 0 Å². The Hall–Kier alpha value is -1.81. The van der Waals surface area contributed by atoms with Crippen molar-refractivity contribution in [3.63, 3.8) is 0 Å². The monoisotopic (exact) mass is 291 g/mol. The Morgan fingerprint density at radius 1 is 1.30 bits per heavy atom. The molecular formula is C15H18ClN3O. The molecule has 0 bridgehead atoms. The second-order valence-electron chi connectivity index (χ2n) is 5.04. The number of aromatic nitrogens is 1. The maximum atomic E-state index is 11.8. The van der Waals surface area contributed by atoms with Crippen molar-refractivity contribution < 1.29 is 4.79 Å². The lowest BCUT2D eigenvalue weighted by molar-refractivity contribution is -0.129. The quantitative estimate of drug-likeness (QED) is 0.945. The number of carbonyl (C=O) groups excluding carboxylic acids is 1. The summed E-state index contributed by atoms with van der Waals surface area (Å²) < 4.78 is 0. The molecule has 1 aromatic heterocycles. The fourth-order valence-corrected chi connectivity index (χ4v) is 2.21. The molecule has 0 aliphatic carbocycles. The molecule has 2 aromatic rings. The molecule has 5 heteroatoms. The van der Waals surface area contributed by atoms with E-state index in [0.29, 0.717) is 10.8 Å². The summed E-state index contributed by atoms with van der Waals surface area (Å²) >= 11 is 6.12. The van der Waals surface area contributed by atoms with E-state index in [1.54, 1.807) is 19.0 Å². The van der Waals surface area contributed by atoms with E-state index in [2.05, 4.69) is 10.3 Å². The van der Waals surface area contributed by atoms with Crippen LogP contribution < -0.4 is 5.32 Å². The third-order valence-electron chi connectivity index (χ3n) is 3.22. The summed E-state index contributed by atoms with van der Waals surface area (Å²) in [4.78, 5) is 18.0. The number of fused-ring (bicyclic) bond motifs is 1. The van der Waals surface area contributed by atoms with E-state index >= 15 is 0 Å². The largest absolute Gasteiger partial charge is 0.359 e. The smallest absolute Gasteiger partial charge is 0.244 e. The van der Waals surface area contributed by atoms with Crippen LogP contribution in [0.25, 0.3) is 10.9 Å². The number of anilines is 1. The number of hydrogen-bond donors (Lipinski definition) is 1. The molecule has 0 fully saturated rings. The fourth-order valence-electron chi connectivity index (χ4n) is 2.06. The highest BCUT2D eigenvalue weighted by Gasteiger charge is 2.15. The third-order valence-corrected chi connectivity index (χ3v) is 3.63. The van der Waals surface area contributed by atoms with Crippen LogP contribution in [0.1, 0.15) is 12.5 Å². The number of rotatable bonds is 3. The minimum Gasteiger partial charge on any atom is -0.359 e. The SMILES string of the molecule is Cc1c(Cl)ccc2ccc(N[C@@H](C)C(=O)N(C)C)nc12. The van der Waals surface area contributed by atoms with Crippen LogP contribution >= 0.6 is 11.6 Å². The Kier molecular flexibility index (Phi) is 4.14. The number of aryl methyl sites for hydroxylation is 1. The molecule has 0 aliphatic rings. The minimum absolute atomic E-state index is 0.00899. The molecule has 2 rings (SSSR count). The number of hydrogen-bond acceptors (Lipinski definition) is 3. The summed E-state index contributed by atoms with van der Waals surface area (Å²) in [5, 5.41) is 4.84. The van der Waals surface area contributed by atoms with Crippen LogP contribution in [0.5, 0.6) is 0 Å². The van der Waals surface area contributed by atoms with Gasteiger partial charge in [-0.15, -0.1) is 0 Å². The normalized spacial score (nSPS) is 12.2. The van der Waals surface area contributed by atoms with Crippen molar-refractivity contribution in [2.24, 2.45) is 0 Å². The van der Waals surface area contributed by atoms with Crippen LogP contribution in [0.15, 0.2) is 24.3 Å². The van der Waals surface area contributed by atoms with Crippen molar-refractivity contribution in [1.29, 1.82) is 0 Å². The van der Waals surface area contributed by atoms with Crippen molar-refractivity contribution in [2.75, 3.05) is 19.4 Å². The first-order chi connectivity index (χ1) is 9.40. The highest BCUT2D eigenvalue weighted by atomic mass is 35.5. The number of nitrogens with one attached hydrogen (secondary N) is 1. The van der Waals surface area contributed by atoms with Gasteiger partial charge in [-0.1, -0.05) is 17.7 Å². The van der Waals surface area contributed by atoms with Crippen LogP contribution in [0.2, 0.25) is 5.02 Å². The lowest BCUT2D eigenvalue weighted by atomic mass is 10.1. The Labute approximate surface area is 123 Å². The maximum absolute atomic E-state index is 11.8. The molecule has 1 amide bonds. The van der Waals surface area contributed by atoms with Crippen molar-refractivity contribution in [3.8, 4) is 0 Å². The van der Waals surface area contributed by atoms with Crippen LogP contribution in [0, 0.1) is 6.92 Å². The molecule has 0 saturated heterocycles. The molecule has 0 spiro atoms. The van der Waals surface area contributed by atoms with Gasteiger partial charge in [0.05, 0.1) is 5.52 Å². The van der Waals surface area contributed by atoms with Gasteiger partial charge in [-0.05, 0) is 37.6 Å². The second-order valence-corrected chi connectivity index (χ2v) is 5.45. The topological polar surface area (TPSA) is 45.2 Å². The zero-order valence-electron chi connectivity index (χ0n) is 12.1. The standard InChI is InChI=1S/C15H18ClN3O/c1-9-12(16)7-5-11-6-8-13(18-14(9)11)17-10(2)15(20)19(3)4/h5-8,10H,1-4H3,(H,17,18)/t10-/m0/s1. The third kappa shape index (κ3) is 2.85. The zero-order valence-corrected chi connectivity index (χ0v) is 12.8. The lowest BCUT2D eigenvalue weighted by Gasteiger charge is -2.18. The van der Waals surface area contributed by atoms with Crippen LogP contribution in [-0.4, -0.2) is 35.9 Å². The van der Waals surface area contributed by atoms with Crippen LogP contribution in [0.4, 0.5) is 5.82 Å². The minimum atomic E-state index is -0.325. The predicted molar refractivity (Wildman–Crippen MR) is 83.3 cm³/mol. The highest BCUT2D eigenvalue weighted by Crippen LogP contribution is 2.25. The number of carbonyl (C=O) groups is 1. The first-order valence-corrected chi connectivity index (χ1v) is 6.81. The summed E-state index contributed by atoms with van der Waals surface area (Å²) in [6.45, 7) is 3.76. The number of likely N-dealkylation sites (N-methyl/N-ethyl adjacent to an activating group) is 1. The van der Waals surface area contributed by atoms with Gasteiger partial charge in [-0.3, -0.25) is 4.79 Å². The molecule has 1 N–H and O–H groups in total. The molecule has 1 aromatic carbocycles. The molecule has 0 radical (unpaired) electrons. The average Bonchev–Trinajstić information content (AvgIpc) is 2.42. The van der Waals surface area contributed by atoms with Gasteiger partial charge in [0.1, 0.15) is 11.9 Å². The lowest BCUT2D eigenvalue weighted by Crippen LogP contribution is -2.36. The van der Waals surface area contributed by atoms with Crippen LogP contribution in [-0.2, 0) is 4.79 Å². The number of benzene rings is 1. The second kappa shape index (κ2) is 5.67. The molecule has 0 unspecified atom stereocenters. The number of pyridine rings is 1. The van der Waals surface area contributed by atoms with Gasteiger partial charge in [-0.25, -0.2) is 4.98 Å². The summed E-state index contributed by atoms with van der Waals surface area (Å²) in [7, 11) is 3.47. The van der Waals surface area contributed by atoms with Gasteiger partial charge < -0.3 is 10.2 Å². The number of halogens is 1. The fraction of sp³-hybridized carbons (Fsp3) is 0.333. The van der Waals surface area contributed by atoms with Gasteiger partial charge in [-0.2, -0.15) is 0 Å². The first-order valence-electron chi connectivity index (χ1n) is 6.43. The van der Waals surface area contributed by atoms with E-state index in [0.717, 1.165) is 16.5 Å². The average molecular weight is 292 g/mol. The number of nitrogens with zero attached hydrogens (tertiary/aromatic N) is 2. The molecule has 0 aliphatic heterocycles. The van der Waals surface area contributed by atoms with E-state index in [9.17, 15) is 4.79 Å². The van der Waals surface area contributed by atoms with Crippen molar-refractivity contribution in [2.45, 2.75) is 19.9 Å². The molecule has 20 heavy (non-hydrogen) atoms. The molecule has 1 heterocycles. The first kappa shape index (κ1) is 14.6. The van der Waals surface area contributed by atoms with Crippen molar-refractivity contribution in [1.82, 2.24) is 9.88 Å². The highest BCUT2D eigenvalue weighted by molar-refractivity contribution is 6.32. The van der Waals surface area contributed by atoms with Gasteiger partial charge in [0.2, 0.25) is 5.91 Å². The number of amides is 1. The van der Waals surface area contributed by atoms with E-state index in [1.807, 2.05) is 38.1 Å². The van der Waals surface area contributed by atoms with Crippen molar-refractivity contribution in [3.05, 3.63) is 34.9 Å². The molecule has 106 valence electrons. The van der Waals surface area contributed by atoms with Crippen molar-refractivity contribution >= 4 is 34.2 Å².